The number of unbranched alkanes of at least 4 members (excludes halogenated alkanes) is 13. The van der Waals surface area contributed by atoms with Crippen LogP contribution in [-0.2, 0) is 23.0 Å². The first-order chi connectivity index (χ1) is 19.4. The number of para-hydroxylation sites is 1. The van der Waals surface area contributed by atoms with Gasteiger partial charge in [-0.2, -0.15) is 9.13 Å². The van der Waals surface area contributed by atoms with E-state index in [9.17, 15) is 14.7 Å². The number of benzene rings is 1. The Hall–Kier alpha value is -2.54. The maximum absolute atomic E-state index is 13.6. The molecule has 222 valence electrons. The summed E-state index contributed by atoms with van der Waals surface area (Å²) in [6, 6.07) is 9.48. The van der Waals surface area contributed by atoms with Gasteiger partial charge in [0.1, 0.15) is 17.9 Å². The summed E-state index contributed by atoms with van der Waals surface area (Å²) in [5, 5.41) is 11.6. The SMILES string of the molecule is C=C(C)C(=O)OCCSc1n(-c2ccccc2)c(=O)c(CCCCCCCCCCCCCCCC)c(O)[n+]1C. The molecule has 2 aromatic rings. The summed E-state index contributed by atoms with van der Waals surface area (Å²) < 4.78 is 8.53. The quantitative estimate of drug-likeness (QED) is 0.0417. The summed E-state index contributed by atoms with van der Waals surface area (Å²) in [4.78, 5) is 25.3. The number of aromatic hydroxyl groups is 1. The zero-order valence-electron chi connectivity index (χ0n) is 25.1. The maximum Gasteiger partial charge on any atom is 0.350 e. The van der Waals surface area contributed by atoms with Gasteiger partial charge in [0, 0.05) is 11.3 Å². The van der Waals surface area contributed by atoms with Gasteiger partial charge in [0.15, 0.2) is 0 Å². The molecule has 2 rings (SSSR count). The van der Waals surface area contributed by atoms with Gasteiger partial charge in [-0.05, 0) is 43.7 Å². The van der Waals surface area contributed by atoms with Gasteiger partial charge in [0.25, 0.3) is 5.88 Å². The van der Waals surface area contributed by atoms with Crippen LogP contribution in [0, 0.1) is 0 Å². The number of rotatable bonds is 21. The second kappa shape index (κ2) is 19.5. The standard InChI is InChI=1S/C33H50N2O4S/c1-5-6-7-8-9-10-11-12-13-14-15-16-17-21-24-29-30(36)34(4)33(40-26-25-39-32(38)27(2)3)35(31(29)37)28-22-19-18-20-23-28/h18-20,22-23H,2,5-17,21,24-26H2,1,3-4H3/p+1. The predicted octanol–water partition coefficient (Wildman–Crippen LogP) is 7.60. The molecule has 0 bridgehead atoms. The lowest BCUT2D eigenvalue weighted by atomic mass is 10.0. The van der Waals surface area contributed by atoms with Crippen LogP contribution in [0.1, 0.15) is 109 Å². The highest BCUT2D eigenvalue weighted by molar-refractivity contribution is 7.99. The van der Waals surface area contributed by atoms with Gasteiger partial charge in [-0.1, -0.05) is 115 Å². The van der Waals surface area contributed by atoms with Crippen LogP contribution >= 0.6 is 11.8 Å². The molecule has 0 saturated carbocycles. The molecular formula is C33H51N2O4S+. The minimum atomic E-state index is -0.434. The Morgan fingerprint density at radius 3 is 1.98 bits per heavy atom. The Morgan fingerprint density at radius 1 is 0.925 bits per heavy atom. The van der Waals surface area contributed by atoms with Gasteiger partial charge < -0.3 is 9.84 Å². The first-order valence-corrected chi connectivity index (χ1v) is 16.2. The fourth-order valence-electron chi connectivity index (χ4n) is 4.83. The van der Waals surface area contributed by atoms with Gasteiger partial charge >= 0.3 is 16.7 Å². The highest BCUT2D eigenvalue weighted by Crippen LogP contribution is 2.22. The van der Waals surface area contributed by atoms with Crippen molar-refractivity contribution in [2.45, 2.75) is 115 Å². The van der Waals surface area contributed by atoms with Crippen molar-refractivity contribution in [3.8, 4) is 11.6 Å². The summed E-state index contributed by atoms with van der Waals surface area (Å²) in [5.74, 6) is 0.0155. The molecule has 40 heavy (non-hydrogen) atoms. The van der Waals surface area contributed by atoms with Crippen LogP contribution < -0.4 is 10.1 Å². The first kappa shape index (κ1) is 33.7. The number of nitrogens with zero attached hydrogens (tertiary/aromatic N) is 2. The van der Waals surface area contributed by atoms with Crippen LogP contribution in [0.25, 0.3) is 5.69 Å². The zero-order chi connectivity index (χ0) is 29.2. The van der Waals surface area contributed by atoms with Gasteiger partial charge in [0.05, 0.1) is 7.05 Å². The van der Waals surface area contributed by atoms with Crippen molar-refractivity contribution in [1.82, 2.24) is 4.57 Å². The van der Waals surface area contributed by atoms with Crippen molar-refractivity contribution in [3.05, 3.63) is 58.4 Å². The molecule has 0 unspecified atom stereocenters. The van der Waals surface area contributed by atoms with E-state index in [2.05, 4.69) is 13.5 Å². The molecule has 7 heteroatoms. The molecule has 1 N–H and O–H groups in total. The molecule has 1 aromatic carbocycles. The molecule has 0 aliphatic carbocycles. The Morgan fingerprint density at radius 2 is 1.45 bits per heavy atom. The van der Waals surface area contributed by atoms with Crippen molar-refractivity contribution < 1.29 is 19.2 Å². The van der Waals surface area contributed by atoms with Gasteiger partial charge in [-0.3, -0.25) is 0 Å². The summed E-state index contributed by atoms with van der Waals surface area (Å²) in [7, 11) is 1.77. The highest BCUT2D eigenvalue weighted by atomic mass is 32.2. The molecule has 6 nitrogen and oxygen atoms in total. The average molecular weight is 572 g/mol. The molecule has 0 amide bonds. The average Bonchev–Trinajstić information content (AvgIpc) is 2.95. The van der Waals surface area contributed by atoms with Crippen LogP contribution in [0.15, 0.2) is 52.4 Å². The monoisotopic (exact) mass is 571 g/mol. The molecule has 0 aliphatic heterocycles. The second-order valence-electron chi connectivity index (χ2n) is 10.7. The number of hydrogen-bond acceptors (Lipinski definition) is 5. The maximum atomic E-state index is 13.6. The predicted molar refractivity (Wildman–Crippen MR) is 165 cm³/mol. The topological polar surface area (TPSA) is 72.4 Å². The van der Waals surface area contributed by atoms with Gasteiger partial charge in [-0.15, -0.1) is 0 Å². The fraction of sp³-hybridized carbons (Fsp3) is 0.606. The largest absolute Gasteiger partial charge is 0.477 e. The number of hydrogen-bond donors (Lipinski definition) is 1. The molecule has 0 aliphatic rings. The minimum Gasteiger partial charge on any atom is -0.477 e. The van der Waals surface area contributed by atoms with Crippen LogP contribution in [-0.4, -0.2) is 28.0 Å². The zero-order valence-corrected chi connectivity index (χ0v) is 25.9. The molecule has 0 saturated heterocycles. The highest BCUT2D eigenvalue weighted by Gasteiger charge is 2.28. The van der Waals surface area contributed by atoms with Crippen LogP contribution in [0.3, 0.4) is 0 Å². The third-order valence-electron chi connectivity index (χ3n) is 7.22. The van der Waals surface area contributed by atoms with E-state index in [0.29, 0.717) is 28.5 Å². The lowest BCUT2D eigenvalue weighted by Gasteiger charge is -2.12. The smallest absolute Gasteiger partial charge is 0.350 e. The lowest BCUT2D eigenvalue weighted by Crippen LogP contribution is -2.42. The van der Waals surface area contributed by atoms with Crippen LogP contribution in [0.5, 0.6) is 5.88 Å². The third kappa shape index (κ3) is 11.5. The van der Waals surface area contributed by atoms with Gasteiger partial charge in [0.2, 0.25) is 0 Å². The van der Waals surface area contributed by atoms with E-state index in [1.54, 1.807) is 23.1 Å². The van der Waals surface area contributed by atoms with E-state index < -0.39 is 5.97 Å². The molecule has 0 fully saturated rings. The molecule has 0 atom stereocenters. The van der Waals surface area contributed by atoms with E-state index >= 15 is 0 Å². The number of ether oxygens (including phenoxy) is 1. The van der Waals surface area contributed by atoms with E-state index in [0.717, 1.165) is 24.9 Å². The molecule has 0 spiro atoms. The van der Waals surface area contributed by atoms with Crippen molar-refractivity contribution in [3.63, 3.8) is 0 Å². The van der Waals surface area contributed by atoms with E-state index in [4.69, 9.17) is 4.74 Å². The summed E-state index contributed by atoms with van der Waals surface area (Å²) in [6.45, 7) is 7.65. The summed E-state index contributed by atoms with van der Waals surface area (Å²) in [6.07, 6.45) is 18.4. The molecule has 0 radical (unpaired) electrons. The number of thioether (sulfide) groups is 1. The Labute approximate surface area is 245 Å². The van der Waals surface area contributed by atoms with E-state index in [1.165, 1.54) is 82.4 Å². The lowest BCUT2D eigenvalue weighted by molar-refractivity contribution is -0.720. The first-order valence-electron chi connectivity index (χ1n) is 15.3. The fourth-order valence-corrected chi connectivity index (χ4v) is 5.78. The summed E-state index contributed by atoms with van der Waals surface area (Å²) in [5.41, 5.74) is 1.34. The number of carbonyl (C=O) groups is 1. The molecule has 1 heterocycles. The Kier molecular flexibility index (Phi) is 16.4. The van der Waals surface area contributed by atoms with E-state index in [-0.39, 0.29) is 18.0 Å². The summed E-state index contributed by atoms with van der Waals surface area (Å²) >= 11 is 1.37. The van der Waals surface area contributed by atoms with Crippen molar-refractivity contribution >= 4 is 17.7 Å². The Bertz CT molecular complexity index is 1100. The number of esters is 1. The van der Waals surface area contributed by atoms with Crippen molar-refractivity contribution in [1.29, 1.82) is 0 Å². The van der Waals surface area contributed by atoms with Crippen LogP contribution in [0.4, 0.5) is 0 Å². The second-order valence-corrected chi connectivity index (χ2v) is 11.8. The minimum absolute atomic E-state index is 0.00769. The van der Waals surface area contributed by atoms with Gasteiger partial charge in [-0.25, -0.2) is 9.59 Å². The van der Waals surface area contributed by atoms with Crippen molar-refractivity contribution in [2.24, 2.45) is 7.05 Å². The number of carbonyl (C=O) groups excluding carboxylic acids is 1. The molecular weight excluding hydrogens is 520 g/mol. The van der Waals surface area contributed by atoms with E-state index in [1.807, 2.05) is 30.3 Å². The van der Waals surface area contributed by atoms with Crippen LogP contribution in [0.2, 0.25) is 0 Å². The normalized spacial score (nSPS) is 11.1. The van der Waals surface area contributed by atoms with Crippen molar-refractivity contribution in [2.75, 3.05) is 12.4 Å². The Balaban J connectivity index is 1.88. The number of aromatic nitrogens is 2. The third-order valence-corrected chi connectivity index (χ3v) is 8.30. The molecule has 1 aromatic heterocycles.